The first-order valence-corrected chi connectivity index (χ1v) is 6.18. The highest BCUT2D eigenvalue weighted by atomic mass is 35.5. The number of halogens is 2. The van der Waals surface area contributed by atoms with E-state index in [2.05, 4.69) is 37.7 Å². The molecule has 1 aromatic heterocycles. The number of hydrogen-bond acceptors (Lipinski definition) is 2. The maximum atomic E-state index is 6.08. The van der Waals surface area contributed by atoms with Gasteiger partial charge in [-0.05, 0) is 32.0 Å². The maximum Gasteiger partial charge on any atom is 0.129 e. The van der Waals surface area contributed by atoms with Gasteiger partial charge in [0.15, 0.2) is 0 Å². The minimum absolute atomic E-state index is 0.483. The molecule has 1 rings (SSSR count). The number of rotatable bonds is 4. The van der Waals surface area contributed by atoms with Crippen LogP contribution in [0.4, 0.5) is 0 Å². The van der Waals surface area contributed by atoms with Gasteiger partial charge in [-0.2, -0.15) is 0 Å². The van der Waals surface area contributed by atoms with Gasteiger partial charge in [-0.15, -0.1) is 0 Å². The van der Waals surface area contributed by atoms with Gasteiger partial charge in [0.25, 0.3) is 0 Å². The van der Waals surface area contributed by atoms with Crippen LogP contribution < -0.4 is 0 Å². The second kappa shape index (κ2) is 5.85. The van der Waals surface area contributed by atoms with Gasteiger partial charge in [0.1, 0.15) is 5.15 Å². The van der Waals surface area contributed by atoms with Gasteiger partial charge in [-0.1, -0.05) is 37.0 Å². The van der Waals surface area contributed by atoms with E-state index < -0.39 is 0 Å². The van der Waals surface area contributed by atoms with Crippen molar-refractivity contribution in [3.8, 4) is 0 Å². The van der Waals surface area contributed by atoms with E-state index in [4.69, 9.17) is 23.2 Å². The SMILES string of the molecule is CC(C)C(C)N(C)Cc1nc(Cl)ccc1Cl. The van der Waals surface area contributed by atoms with Crippen LogP contribution >= 0.6 is 23.2 Å². The van der Waals surface area contributed by atoms with E-state index in [9.17, 15) is 0 Å². The Morgan fingerprint density at radius 3 is 2.44 bits per heavy atom. The van der Waals surface area contributed by atoms with Gasteiger partial charge < -0.3 is 0 Å². The van der Waals surface area contributed by atoms with E-state index in [0.29, 0.717) is 22.1 Å². The Labute approximate surface area is 108 Å². The summed E-state index contributed by atoms with van der Waals surface area (Å²) in [6.07, 6.45) is 0. The minimum Gasteiger partial charge on any atom is -0.298 e. The molecule has 0 aliphatic rings. The highest BCUT2D eigenvalue weighted by Crippen LogP contribution is 2.20. The van der Waals surface area contributed by atoms with E-state index in [1.807, 2.05) is 0 Å². The molecule has 1 unspecified atom stereocenters. The molecule has 0 amide bonds. The van der Waals surface area contributed by atoms with Gasteiger partial charge >= 0.3 is 0 Å². The third kappa shape index (κ3) is 3.62. The topological polar surface area (TPSA) is 16.1 Å². The van der Waals surface area contributed by atoms with Crippen molar-refractivity contribution in [2.75, 3.05) is 7.05 Å². The molecule has 1 aromatic rings. The van der Waals surface area contributed by atoms with Crippen LogP contribution in [0.25, 0.3) is 0 Å². The molecule has 1 atom stereocenters. The normalized spacial score (nSPS) is 13.5. The maximum absolute atomic E-state index is 6.08. The molecule has 0 fully saturated rings. The Hall–Kier alpha value is -0.310. The molecule has 1 heterocycles. The minimum atomic E-state index is 0.483. The van der Waals surface area contributed by atoms with E-state index in [1.165, 1.54) is 0 Å². The van der Waals surface area contributed by atoms with E-state index in [0.717, 1.165) is 12.2 Å². The zero-order chi connectivity index (χ0) is 12.3. The Kier molecular flexibility index (Phi) is 5.03. The molecule has 0 saturated carbocycles. The van der Waals surface area contributed by atoms with Gasteiger partial charge in [-0.3, -0.25) is 4.90 Å². The largest absolute Gasteiger partial charge is 0.298 e. The molecule has 4 heteroatoms. The molecule has 0 aliphatic heterocycles. The number of hydrogen-bond donors (Lipinski definition) is 0. The monoisotopic (exact) mass is 260 g/mol. The first kappa shape index (κ1) is 13.8. The van der Waals surface area contributed by atoms with Crippen LogP contribution in [0, 0.1) is 5.92 Å². The van der Waals surface area contributed by atoms with Crippen LogP contribution in [0.15, 0.2) is 12.1 Å². The molecule has 0 saturated heterocycles. The quantitative estimate of drug-likeness (QED) is 0.765. The second-order valence-corrected chi connectivity index (χ2v) is 5.26. The molecule has 16 heavy (non-hydrogen) atoms. The highest BCUT2D eigenvalue weighted by Gasteiger charge is 2.15. The van der Waals surface area contributed by atoms with Crippen molar-refractivity contribution in [3.05, 3.63) is 28.0 Å². The third-order valence-corrected chi connectivity index (χ3v) is 3.50. The standard InChI is InChI=1S/C12H18Cl2N2/c1-8(2)9(3)16(4)7-11-10(13)5-6-12(14)15-11/h5-6,8-9H,7H2,1-4H3. The van der Waals surface area contributed by atoms with Crippen molar-refractivity contribution in [1.82, 2.24) is 9.88 Å². The summed E-state index contributed by atoms with van der Waals surface area (Å²) in [5.41, 5.74) is 0.837. The first-order valence-electron chi connectivity index (χ1n) is 5.43. The lowest BCUT2D eigenvalue weighted by atomic mass is 10.1. The average Bonchev–Trinajstić information content (AvgIpc) is 2.22. The summed E-state index contributed by atoms with van der Waals surface area (Å²) in [5, 5.41) is 1.16. The van der Waals surface area contributed by atoms with E-state index in [1.54, 1.807) is 12.1 Å². The predicted octanol–water partition coefficient (Wildman–Crippen LogP) is 3.86. The Bertz CT molecular complexity index is 353. The Morgan fingerprint density at radius 1 is 1.25 bits per heavy atom. The van der Waals surface area contributed by atoms with Gasteiger partial charge in [0.2, 0.25) is 0 Å². The smallest absolute Gasteiger partial charge is 0.129 e. The zero-order valence-electron chi connectivity index (χ0n) is 10.2. The Morgan fingerprint density at radius 2 is 1.88 bits per heavy atom. The second-order valence-electron chi connectivity index (χ2n) is 4.46. The molecular formula is C12H18Cl2N2. The van der Waals surface area contributed by atoms with Crippen LogP contribution in [0.5, 0.6) is 0 Å². The summed E-state index contributed by atoms with van der Waals surface area (Å²) in [6.45, 7) is 7.32. The molecule has 0 bridgehead atoms. The molecule has 0 N–H and O–H groups in total. The van der Waals surface area contributed by atoms with Crippen LogP contribution in [0.1, 0.15) is 26.5 Å². The van der Waals surface area contributed by atoms with Crippen molar-refractivity contribution >= 4 is 23.2 Å². The summed E-state index contributed by atoms with van der Waals surface area (Å²) in [5.74, 6) is 0.600. The van der Waals surface area contributed by atoms with Crippen molar-refractivity contribution in [3.63, 3.8) is 0 Å². The number of nitrogens with zero attached hydrogens (tertiary/aromatic N) is 2. The molecule has 90 valence electrons. The van der Waals surface area contributed by atoms with Gasteiger partial charge in [-0.25, -0.2) is 4.98 Å². The molecule has 0 aromatic carbocycles. The summed E-state index contributed by atoms with van der Waals surface area (Å²) in [4.78, 5) is 6.48. The van der Waals surface area contributed by atoms with Crippen molar-refractivity contribution in [1.29, 1.82) is 0 Å². The summed E-state index contributed by atoms with van der Waals surface area (Å²) in [6, 6.07) is 3.98. The van der Waals surface area contributed by atoms with Crippen molar-refractivity contribution < 1.29 is 0 Å². The van der Waals surface area contributed by atoms with Gasteiger partial charge in [0.05, 0.1) is 10.7 Å². The van der Waals surface area contributed by atoms with Crippen LogP contribution in [-0.4, -0.2) is 23.0 Å². The summed E-state index contributed by atoms with van der Waals surface area (Å²) < 4.78 is 0. The van der Waals surface area contributed by atoms with E-state index in [-0.39, 0.29) is 0 Å². The fourth-order valence-electron chi connectivity index (χ4n) is 1.46. The first-order chi connectivity index (χ1) is 7.41. The fourth-order valence-corrected chi connectivity index (χ4v) is 1.79. The van der Waals surface area contributed by atoms with Gasteiger partial charge in [0, 0.05) is 12.6 Å². The lowest BCUT2D eigenvalue weighted by Gasteiger charge is -2.27. The molecule has 0 spiro atoms. The average molecular weight is 261 g/mol. The van der Waals surface area contributed by atoms with Crippen LogP contribution in [0.3, 0.4) is 0 Å². The number of pyridine rings is 1. The molecule has 0 aliphatic carbocycles. The lowest BCUT2D eigenvalue weighted by Crippen LogP contribution is -2.33. The summed E-state index contributed by atoms with van der Waals surface area (Å²) in [7, 11) is 2.07. The fraction of sp³-hybridized carbons (Fsp3) is 0.583. The number of aromatic nitrogens is 1. The van der Waals surface area contributed by atoms with Crippen LogP contribution in [0.2, 0.25) is 10.2 Å². The predicted molar refractivity (Wildman–Crippen MR) is 70.0 cm³/mol. The summed E-state index contributed by atoms with van der Waals surface area (Å²) >= 11 is 11.9. The zero-order valence-corrected chi connectivity index (χ0v) is 11.7. The molecule has 2 nitrogen and oxygen atoms in total. The Balaban J connectivity index is 2.76. The third-order valence-electron chi connectivity index (χ3n) is 2.94. The lowest BCUT2D eigenvalue weighted by molar-refractivity contribution is 0.198. The van der Waals surface area contributed by atoms with Crippen molar-refractivity contribution in [2.24, 2.45) is 5.92 Å². The highest BCUT2D eigenvalue weighted by molar-refractivity contribution is 6.32. The molecule has 0 radical (unpaired) electrons. The van der Waals surface area contributed by atoms with Crippen molar-refractivity contribution in [2.45, 2.75) is 33.4 Å². The molecular weight excluding hydrogens is 243 g/mol. The van der Waals surface area contributed by atoms with Crippen LogP contribution in [-0.2, 0) is 6.54 Å². The van der Waals surface area contributed by atoms with E-state index >= 15 is 0 Å².